The summed E-state index contributed by atoms with van der Waals surface area (Å²) in [7, 11) is 0. The molecule has 8 rings (SSSR count). The highest BCUT2D eigenvalue weighted by Gasteiger charge is 2.13. The zero-order valence-electron chi connectivity index (χ0n) is 24.3. The van der Waals surface area contributed by atoms with E-state index < -0.39 is 0 Å². The van der Waals surface area contributed by atoms with E-state index in [1.807, 2.05) is 29.7 Å². The van der Waals surface area contributed by atoms with Gasteiger partial charge in [0.25, 0.3) is 0 Å². The van der Waals surface area contributed by atoms with Crippen LogP contribution < -0.4 is 0 Å². The Morgan fingerprint density at radius 1 is 0.400 bits per heavy atom. The second-order valence-electron chi connectivity index (χ2n) is 11.0. The lowest BCUT2D eigenvalue weighted by atomic mass is 10.0. The third kappa shape index (κ3) is 5.55. The minimum absolute atomic E-state index is 0.695. The van der Waals surface area contributed by atoms with E-state index >= 15 is 0 Å². The Bertz CT molecular complexity index is 2090. The minimum Gasteiger partial charge on any atom is -0.264 e. The maximum Gasteiger partial charge on any atom is 0.160 e. The lowest BCUT2D eigenvalue weighted by Gasteiger charge is -2.11. The van der Waals surface area contributed by atoms with Crippen LogP contribution in [0.2, 0.25) is 0 Å². The van der Waals surface area contributed by atoms with Crippen molar-refractivity contribution in [2.24, 2.45) is 0 Å². The van der Waals surface area contributed by atoms with Gasteiger partial charge in [-0.2, -0.15) is 0 Å². The molecule has 212 valence electrons. The smallest absolute Gasteiger partial charge is 0.160 e. The Morgan fingerprint density at radius 3 is 1.58 bits per heavy atom. The topological polar surface area (TPSA) is 38.7 Å². The van der Waals surface area contributed by atoms with E-state index in [9.17, 15) is 0 Å². The van der Waals surface area contributed by atoms with E-state index in [-0.39, 0.29) is 0 Å². The van der Waals surface area contributed by atoms with Crippen LogP contribution in [0.15, 0.2) is 164 Å². The number of benzene rings is 5. The summed E-state index contributed by atoms with van der Waals surface area (Å²) in [6.07, 6.45) is 3.67. The molecule has 4 heteroatoms. The van der Waals surface area contributed by atoms with Gasteiger partial charge in [0, 0.05) is 38.7 Å². The Labute approximate surface area is 266 Å². The van der Waals surface area contributed by atoms with Gasteiger partial charge in [-0.05, 0) is 57.5 Å². The fraction of sp³-hybridized carbons (Fsp3) is 0. The maximum absolute atomic E-state index is 5.08. The van der Waals surface area contributed by atoms with Gasteiger partial charge in [0.2, 0.25) is 0 Å². The van der Waals surface area contributed by atoms with Crippen LogP contribution in [0.25, 0.3) is 76.7 Å². The fourth-order valence-electron chi connectivity index (χ4n) is 5.61. The summed E-state index contributed by atoms with van der Waals surface area (Å²) in [6, 6.07) is 53.1. The van der Waals surface area contributed by atoms with Crippen LogP contribution in [0.5, 0.6) is 0 Å². The van der Waals surface area contributed by atoms with Gasteiger partial charge in [0.1, 0.15) is 0 Å². The molecule has 0 amide bonds. The Kier molecular flexibility index (Phi) is 7.02. The molecule has 0 unspecified atom stereocenters. The number of aromatic nitrogens is 3. The number of nitrogens with zero attached hydrogens (tertiary/aromatic N) is 3. The number of hydrogen-bond donors (Lipinski definition) is 0. The van der Waals surface area contributed by atoms with Crippen LogP contribution in [-0.2, 0) is 0 Å². The van der Waals surface area contributed by atoms with E-state index in [0.29, 0.717) is 5.82 Å². The lowest BCUT2D eigenvalue weighted by molar-refractivity contribution is 1.18. The van der Waals surface area contributed by atoms with Gasteiger partial charge in [0.15, 0.2) is 5.82 Å². The summed E-state index contributed by atoms with van der Waals surface area (Å²) in [6.45, 7) is 0. The second-order valence-corrected chi connectivity index (χ2v) is 12.0. The summed E-state index contributed by atoms with van der Waals surface area (Å²) in [5.41, 5.74) is 10.6. The van der Waals surface area contributed by atoms with Crippen molar-refractivity contribution < 1.29 is 0 Å². The standard InChI is InChI=1S/C41H27N3S/c1-2-7-28(8-3-1)29-12-16-31(17-13-29)37-26-38(32-18-20-33(21-19-32)40-25-35-9-4-5-11-39(35)45-40)44-41(43-37)34-22-14-30(15-23-34)36-10-6-24-42-27-36/h1-27H. The molecule has 0 bridgehead atoms. The van der Waals surface area contributed by atoms with Gasteiger partial charge >= 0.3 is 0 Å². The van der Waals surface area contributed by atoms with Crippen LogP contribution in [-0.4, -0.2) is 15.0 Å². The Morgan fingerprint density at radius 2 is 0.933 bits per heavy atom. The number of pyridine rings is 1. The molecule has 0 saturated carbocycles. The van der Waals surface area contributed by atoms with E-state index in [2.05, 4.69) is 145 Å². The number of hydrogen-bond acceptors (Lipinski definition) is 4. The van der Waals surface area contributed by atoms with Crippen molar-refractivity contribution in [3.63, 3.8) is 0 Å². The van der Waals surface area contributed by atoms with Crippen molar-refractivity contribution in [2.45, 2.75) is 0 Å². The third-order valence-corrected chi connectivity index (χ3v) is 9.21. The predicted octanol–water partition coefficient (Wildman–Crippen LogP) is 11.1. The van der Waals surface area contributed by atoms with Gasteiger partial charge in [-0.3, -0.25) is 4.98 Å². The average Bonchev–Trinajstić information content (AvgIpc) is 3.57. The average molecular weight is 594 g/mol. The molecule has 0 saturated heterocycles. The molecule has 0 spiro atoms. The molecule has 0 aliphatic rings. The summed E-state index contributed by atoms with van der Waals surface area (Å²) < 4.78 is 1.30. The third-order valence-electron chi connectivity index (χ3n) is 8.04. The highest BCUT2D eigenvalue weighted by Crippen LogP contribution is 2.35. The number of fused-ring (bicyclic) bond motifs is 1. The predicted molar refractivity (Wildman–Crippen MR) is 188 cm³/mol. The molecular formula is C41H27N3S. The molecule has 0 aliphatic carbocycles. The van der Waals surface area contributed by atoms with Gasteiger partial charge in [-0.1, -0.05) is 127 Å². The first-order valence-electron chi connectivity index (χ1n) is 14.9. The first-order valence-corrected chi connectivity index (χ1v) is 15.7. The zero-order chi connectivity index (χ0) is 30.0. The van der Waals surface area contributed by atoms with Crippen LogP contribution in [0.4, 0.5) is 0 Å². The van der Waals surface area contributed by atoms with Gasteiger partial charge in [-0.15, -0.1) is 11.3 Å². The molecule has 3 heterocycles. The van der Waals surface area contributed by atoms with E-state index in [4.69, 9.17) is 9.97 Å². The summed E-state index contributed by atoms with van der Waals surface area (Å²) >= 11 is 1.82. The summed E-state index contributed by atoms with van der Waals surface area (Å²) in [5.74, 6) is 0.695. The minimum atomic E-state index is 0.695. The Hall–Kier alpha value is -5.71. The van der Waals surface area contributed by atoms with Crippen LogP contribution >= 0.6 is 11.3 Å². The number of thiophene rings is 1. The molecule has 0 N–H and O–H groups in total. The zero-order valence-corrected chi connectivity index (χ0v) is 25.2. The maximum atomic E-state index is 5.08. The molecule has 45 heavy (non-hydrogen) atoms. The molecule has 3 aromatic heterocycles. The van der Waals surface area contributed by atoms with Crippen molar-refractivity contribution in [3.8, 4) is 66.6 Å². The largest absolute Gasteiger partial charge is 0.264 e. The van der Waals surface area contributed by atoms with Gasteiger partial charge in [-0.25, -0.2) is 9.97 Å². The van der Waals surface area contributed by atoms with Crippen LogP contribution in [0.1, 0.15) is 0 Å². The van der Waals surface area contributed by atoms with E-state index in [0.717, 1.165) is 39.2 Å². The monoisotopic (exact) mass is 593 g/mol. The van der Waals surface area contributed by atoms with E-state index in [1.165, 1.54) is 31.7 Å². The summed E-state index contributed by atoms with van der Waals surface area (Å²) in [4.78, 5) is 15.7. The van der Waals surface area contributed by atoms with Gasteiger partial charge < -0.3 is 0 Å². The quantitative estimate of drug-likeness (QED) is 0.192. The van der Waals surface area contributed by atoms with Crippen molar-refractivity contribution >= 4 is 21.4 Å². The molecule has 5 aromatic carbocycles. The Balaban J connectivity index is 1.18. The normalized spacial score (nSPS) is 11.1. The molecule has 8 aromatic rings. The first kappa shape index (κ1) is 26.9. The molecule has 0 fully saturated rings. The molecule has 0 aliphatic heterocycles. The van der Waals surface area contributed by atoms with E-state index in [1.54, 1.807) is 6.20 Å². The molecule has 0 atom stereocenters. The van der Waals surface area contributed by atoms with Crippen molar-refractivity contribution in [3.05, 3.63) is 164 Å². The molecular weight excluding hydrogens is 567 g/mol. The number of rotatable bonds is 6. The van der Waals surface area contributed by atoms with Crippen molar-refractivity contribution in [2.75, 3.05) is 0 Å². The lowest BCUT2D eigenvalue weighted by Crippen LogP contribution is -1.96. The second kappa shape index (κ2) is 11.8. The SMILES string of the molecule is c1ccc(-c2ccc(-c3cc(-c4ccc(-c5cc6ccccc6s5)cc4)nc(-c4ccc(-c5cccnc5)cc4)n3)cc2)cc1. The molecule has 3 nitrogen and oxygen atoms in total. The van der Waals surface area contributed by atoms with Crippen molar-refractivity contribution in [1.82, 2.24) is 15.0 Å². The highest BCUT2D eigenvalue weighted by molar-refractivity contribution is 7.22. The molecule has 0 radical (unpaired) electrons. The summed E-state index contributed by atoms with van der Waals surface area (Å²) in [5, 5.41) is 1.28. The fourth-order valence-corrected chi connectivity index (χ4v) is 6.68. The highest BCUT2D eigenvalue weighted by atomic mass is 32.1. The van der Waals surface area contributed by atoms with Crippen molar-refractivity contribution in [1.29, 1.82) is 0 Å². The van der Waals surface area contributed by atoms with Crippen LogP contribution in [0.3, 0.4) is 0 Å². The van der Waals surface area contributed by atoms with Crippen LogP contribution in [0, 0.1) is 0 Å². The van der Waals surface area contributed by atoms with Gasteiger partial charge in [0.05, 0.1) is 11.4 Å². The first-order chi connectivity index (χ1) is 22.3.